The third kappa shape index (κ3) is 2.05. The topological polar surface area (TPSA) is 37.3 Å². The van der Waals surface area contributed by atoms with Gasteiger partial charge >= 0.3 is 0 Å². The third-order valence-electron chi connectivity index (χ3n) is 1.33. The lowest BCUT2D eigenvalue weighted by Crippen LogP contribution is -1.93. The SMILES string of the molecule is O=S(O)c1ccccc1CS. The third-order valence-corrected chi connectivity index (χ3v) is 2.45. The Labute approximate surface area is 73.3 Å². The van der Waals surface area contributed by atoms with Gasteiger partial charge in [0.25, 0.3) is 0 Å². The number of benzene rings is 1. The molecule has 1 aromatic carbocycles. The minimum Gasteiger partial charge on any atom is -0.302 e. The van der Waals surface area contributed by atoms with Gasteiger partial charge in [0, 0.05) is 5.75 Å². The van der Waals surface area contributed by atoms with Crippen molar-refractivity contribution in [2.45, 2.75) is 10.6 Å². The molecule has 11 heavy (non-hydrogen) atoms. The zero-order valence-electron chi connectivity index (χ0n) is 5.73. The molecule has 0 saturated heterocycles. The first kappa shape index (κ1) is 8.77. The molecule has 0 aliphatic heterocycles. The standard InChI is InChI=1S/C7H8O2S2/c8-11(9)7-4-2-1-3-6(7)5-10/h1-4,10H,5H2,(H,8,9). The second-order valence-electron chi connectivity index (χ2n) is 2.01. The van der Waals surface area contributed by atoms with E-state index in [0.29, 0.717) is 10.6 Å². The molecule has 1 aromatic rings. The van der Waals surface area contributed by atoms with Gasteiger partial charge in [-0.1, -0.05) is 18.2 Å². The average Bonchev–Trinajstić information content (AvgIpc) is 2.04. The Bertz CT molecular complexity index is 273. The first-order valence-corrected chi connectivity index (χ1v) is 4.79. The molecule has 1 unspecified atom stereocenters. The quantitative estimate of drug-likeness (QED) is 0.547. The molecule has 0 spiro atoms. The van der Waals surface area contributed by atoms with Crippen molar-refractivity contribution in [2.24, 2.45) is 0 Å². The Morgan fingerprint density at radius 1 is 1.45 bits per heavy atom. The highest BCUT2D eigenvalue weighted by atomic mass is 32.2. The van der Waals surface area contributed by atoms with Gasteiger partial charge in [-0.25, -0.2) is 4.21 Å². The minimum absolute atomic E-state index is 0.447. The van der Waals surface area contributed by atoms with E-state index in [1.807, 2.05) is 6.07 Å². The van der Waals surface area contributed by atoms with Gasteiger partial charge < -0.3 is 4.55 Å². The second-order valence-corrected chi connectivity index (χ2v) is 3.27. The van der Waals surface area contributed by atoms with Gasteiger partial charge in [0.05, 0.1) is 4.90 Å². The molecule has 4 heteroatoms. The predicted octanol–water partition coefficient (Wildman–Crippen LogP) is 1.70. The highest BCUT2D eigenvalue weighted by Gasteiger charge is 2.03. The summed E-state index contributed by atoms with van der Waals surface area (Å²) in [5.41, 5.74) is 0.802. The van der Waals surface area contributed by atoms with E-state index in [1.165, 1.54) is 0 Å². The summed E-state index contributed by atoms with van der Waals surface area (Å²) in [6, 6.07) is 6.97. The van der Waals surface area contributed by atoms with Crippen molar-refractivity contribution in [3.63, 3.8) is 0 Å². The highest BCUT2D eigenvalue weighted by molar-refractivity contribution is 7.80. The van der Waals surface area contributed by atoms with E-state index in [0.717, 1.165) is 5.56 Å². The van der Waals surface area contributed by atoms with Crippen LogP contribution in [-0.2, 0) is 16.8 Å². The maximum atomic E-state index is 10.7. The van der Waals surface area contributed by atoms with Crippen molar-refractivity contribution in [1.29, 1.82) is 0 Å². The van der Waals surface area contributed by atoms with Crippen LogP contribution in [0.4, 0.5) is 0 Å². The molecule has 1 rings (SSSR count). The van der Waals surface area contributed by atoms with E-state index in [-0.39, 0.29) is 0 Å². The molecular formula is C7H8O2S2. The van der Waals surface area contributed by atoms with Crippen LogP contribution >= 0.6 is 12.6 Å². The fraction of sp³-hybridized carbons (Fsp3) is 0.143. The monoisotopic (exact) mass is 188 g/mol. The van der Waals surface area contributed by atoms with Crippen LogP contribution in [0.25, 0.3) is 0 Å². The summed E-state index contributed by atoms with van der Waals surface area (Å²) in [5.74, 6) is 0.489. The fourth-order valence-corrected chi connectivity index (χ4v) is 1.75. The highest BCUT2D eigenvalue weighted by Crippen LogP contribution is 2.13. The zero-order chi connectivity index (χ0) is 8.27. The van der Waals surface area contributed by atoms with Crippen LogP contribution in [0, 0.1) is 0 Å². The van der Waals surface area contributed by atoms with Crippen LogP contribution in [0.15, 0.2) is 29.2 Å². The molecule has 0 saturated carbocycles. The van der Waals surface area contributed by atoms with E-state index < -0.39 is 11.1 Å². The zero-order valence-corrected chi connectivity index (χ0v) is 7.44. The Balaban J connectivity index is 3.12. The van der Waals surface area contributed by atoms with Crippen molar-refractivity contribution in [3.8, 4) is 0 Å². The van der Waals surface area contributed by atoms with Gasteiger partial charge in [0.15, 0.2) is 11.1 Å². The van der Waals surface area contributed by atoms with Crippen LogP contribution in [0.2, 0.25) is 0 Å². The van der Waals surface area contributed by atoms with Gasteiger partial charge in [-0.3, -0.25) is 0 Å². The van der Waals surface area contributed by atoms with E-state index >= 15 is 0 Å². The van der Waals surface area contributed by atoms with Crippen LogP contribution in [0.1, 0.15) is 5.56 Å². The molecule has 0 radical (unpaired) electrons. The molecule has 1 N–H and O–H groups in total. The Kier molecular flexibility index (Phi) is 3.11. The Hall–Kier alpha value is -0.320. The summed E-state index contributed by atoms with van der Waals surface area (Å²) in [7, 11) is 0. The number of thiol groups is 1. The average molecular weight is 188 g/mol. The molecule has 60 valence electrons. The summed E-state index contributed by atoms with van der Waals surface area (Å²) in [6.45, 7) is 0. The molecule has 0 aliphatic rings. The molecule has 0 aliphatic carbocycles. The van der Waals surface area contributed by atoms with E-state index in [2.05, 4.69) is 12.6 Å². The largest absolute Gasteiger partial charge is 0.302 e. The smallest absolute Gasteiger partial charge is 0.186 e. The molecule has 0 aromatic heterocycles. The molecule has 2 nitrogen and oxygen atoms in total. The summed E-state index contributed by atoms with van der Waals surface area (Å²) >= 11 is 2.14. The van der Waals surface area contributed by atoms with Gasteiger partial charge in [-0.15, -0.1) is 0 Å². The molecule has 0 bridgehead atoms. The lowest BCUT2D eigenvalue weighted by molar-refractivity contribution is 0.563. The van der Waals surface area contributed by atoms with Crippen molar-refractivity contribution in [2.75, 3.05) is 0 Å². The van der Waals surface area contributed by atoms with Crippen molar-refractivity contribution < 1.29 is 8.76 Å². The van der Waals surface area contributed by atoms with E-state index in [1.54, 1.807) is 18.2 Å². The normalized spacial score (nSPS) is 12.9. The van der Waals surface area contributed by atoms with Gasteiger partial charge in [-0.05, 0) is 11.6 Å². The van der Waals surface area contributed by atoms with Crippen molar-refractivity contribution in [3.05, 3.63) is 29.8 Å². The summed E-state index contributed by atoms with van der Waals surface area (Å²) < 4.78 is 19.4. The lowest BCUT2D eigenvalue weighted by atomic mass is 10.2. The van der Waals surface area contributed by atoms with Crippen molar-refractivity contribution in [1.82, 2.24) is 0 Å². The molecular weight excluding hydrogens is 180 g/mol. The minimum atomic E-state index is -1.89. The molecule has 1 atom stereocenters. The number of rotatable bonds is 2. The van der Waals surface area contributed by atoms with Gasteiger partial charge in [-0.2, -0.15) is 12.6 Å². The van der Waals surface area contributed by atoms with Crippen LogP contribution in [0.3, 0.4) is 0 Å². The van der Waals surface area contributed by atoms with E-state index in [4.69, 9.17) is 4.55 Å². The van der Waals surface area contributed by atoms with Crippen LogP contribution in [0.5, 0.6) is 0 Å². The molecule has 0 amide bonds. The number of hydrogen-bond acceptors (Lipinski definition) is 2. The fourth-order valence-electron chi connectivity index (χ4n) is 0.805. The Morgan fingerprint density at radius 2 is 2.09 bits per heavy atom. The Morgan fingerprint density at radius 3 is 2.55 bits per heavy atom. The number of hydrogen-bond donors (Lipinski definition) is 2. The maximum Gasteiger partial charge on any atom is 0.186 e. The molecule has 0 heterocycles. The summed E-state index contributed by atoms with van der Waals surface area (Å²) in [6.07, 6.45) is 0. The predicted molar refractivity (Wildman–Crippen MR) is 48.2 cm³/mol. The van der Waals surface area contributed by atoms with Crippen LogP contribution < -0.4 is 0 Å². The first-order chi connectivity index (χ1) is 5.25. The first-order valence-electron chi connectivity index (χ1n) is 3.05. The lowest BCUT2D eigenvalue weighted by Gasteiger charge is -2.00. The summed E-state index contributed by atoms with van der Waals surface area (Å²) in [5, 5.41) is 0. The molecule has 0 fully saturated rings. The second kappa shape index (κ2) is 3.90. The summed E-state index contributed by atoms with van der Waals surface area (Å²) in [4.78, 5) is 0.447. The van der Waals surface area contributed by atoms with Crippen molar-refractivity contribution >= 4 is 23.7 Å². The van der Waals surface area contributed by atoms with E-state index in [9.17, 15) is 4.21 Å². The van der Waals surface area contributed by atoms with Crippen LogP contribution in [-0.4, -0.2) is 8.76 Å². The maximum absolute atomic E-state index is 10.7. The van der Waals surface area contributed by atoms with Gasteiger partial charge in [0.2, 0.25) is 0 Å². The van der Waals surface area contributed by atoms with Gasteiger partial charge in [0.1, 0.15) is 0 Å².